The van der Waals surface area contributed by atoms with Crippen molar-refractivity contribution in [2.75, 3.05) is 6.61 Å². The van der Waals surface area contributed by atoms with Gasteiger partial charge in [0.05, 0.1) is 12.2 Å². The zero-order valence-corrected chi connectivity index (χ0v) is 13.2. The zero-order chi connectivity index (χ0) is 16.0. The van der Waals surface area contributed by atoms with Crippen molar-refractivity contribution in [1.82, 2.24) is 0 Å². The molecule has 6 nitrogen and oxygen atoms in total. The minimum atomic E-state index is -1.00. The highest BCUT2D eigenvalue weighted by molar-refractivity contribution is 5.94. The minimum absolute atomic E-state index is 0.0354. The van der Waals surface area contributed by atoms with Gasteiger partial charge in [0.15, 0.2) is 11.6 Å². The third kappa shape index (κ3) is 2.65. The van der Waals surface area contributed by atoms with Gasteiger partial charge in [0.2, 0.25) is 0 Å². The number of carbonyl (C=O) groups excluding carboxylic acids is 2. The maximum atomic E-state index is 12.4. The Morgan fingerprint density at radius 2 is 1.90 bits per heavy atom. The first-order chi connectivity index (χ1) is 9.62. The van der Waals surface area contributed by atoms with E-state index in [9.17, 15) is 9.59 Å². The van der Waals surface area contributed by atoms with Gasteiger partial charge < -0.3 is 20.9 Å². The monoisotopic (exact) mass is 298 g/mol. The molecule has 2 saturated heterocycles. The highest BCUT2D eigenvalue weighted by Crippen LogP contribution is 2.34. The summed E-state index contributed by atoms with van der Waals surface area (Å²) in [5.41, 5.74) is 10.2. The zero-order valence-electron chi connectivity index (χ0n) is 13.2. The van der Waals surface area contributed by atoms with E-state index in [4.69, 9.17) is 20.9 Å². The lowest BCUT2D eigenvalue weighted by Crippen LogP contribution is -2.53. The Labute approximate surface area is 125 Å². The van der Waals surface area contributed by atoms with Gasteiger partial charge in [0, 0.05) is 0 Å². The molecule has 0 radical (unpaired) electrons. The van der Waals surface area contributed by atoms with Crippen molar-refractivity contribution < 1.29 is 19.1 Å². The second-order valence-corrected chi connectivity index (χ2v) is 6.82. The van der Waals surface area contributed by atoms with Crippen LogP contribution in [0, 0.1) is 5.92 Å². The Morgan fingerprint density at radius 1 is 1.29 bits per heavy atom. The average Bonchev–Trinajstić information content (AvgIpc) is 2.78. The van der Waals surface area contributed by atoms with Gasteiger partial charge in [0.25, 0.3) is 0 Å². The maximum Gasteiger partial charge on any atom is 0.183 e. The second-order valence-electron chi connectivity index (χ2n) is 6.82. The van der Waals surface area contributed by atoms with Crippen LogP contribution in [0.2, 0.25) is 0 Å². The van der Waals surface area contributed by atoms with Crippen LogP contribution in [0.15, 0.2) is 0 Å². The van der Waals surface area contributed by atoms with E-state index in [0.29, 0.717) is 12.8 Å². The van der Waals surface area contributed by atoms with Gasteiger partial charge in [-0.05, 0) is 32.6 Å². The molecule has 0 saturated carbocycles. The van der Waals surface area contributed by atoms with Crippen LogP contribution in [-0.4, -0.2) is 47.6 Å². The lowest BCUT2D eigenvalue weighted by molar-refractivity contribution is -0.126. The summed E-state index contributed by atoms with van der Waals surface area (Å²) in [4.78, 5) is 24.1. The van der Waals surface area contributed by atoms with Crippen molar-refractivity contribution in [3.8, 4) is 0 Å². The molecule has 0 amide bonds. The molecule has 0 aliphatic carbocycles. The summed E-state index contributed by atoms with van der Waals surface area (Å²) in [7, 11) is 0. The number of ketones is 2. The van der Waals surface area contributed by atoms with Crippen LogP contribution < -0.4 is 11.5 Å². The van der Waals surface area contributed by atoms with E-state index >= 15 is 0 Å². The van der Waals surface area contributed by atoms with Gasteiger partial charge in [0.1, 0.15) is 23.8 Å². The van der Waals surface area contributed by atoms with Crippen LogP contribution in [0.1, 0.15) is 40.5 Å². The molecule has 0 bridgehead atoms. The van der Waals surface area contributed by atoms with Gasteiger partial charge in [-0.1, -0.05) is 13.8 Å². The summed E-state index contributed by atoms with van der Waals surface area (Å²) in [6.45, 7) is 7.32. The molecule has 2 fully saturated rings. The van der Waals surface area contributed by atoms with E-state index in [1.54, 1.807) is 13.8 Å². The van der Waals surface area contributed by atoms with E-state index in [0.717, 1.165) is 0 Å². The highest BCUT2D eigenvalue weighted by atomic mass is 16.5. The molecular formula is C15H26N2O4. The van der Waals surface area contributed by atoms with E-state index < -0.39 is 23.3 Å². The van der Waals surface area contributed by atoms with Gasteiger partial charge in [-0.15, -0.1) is 0 Å². The van der Waals surface area contributed by atoms with Gasteiger partial charge in [-0.25, -0.2) is 0 Å². The first-order valence-electron chi connectivity index (χ1n) is 7.54. The van der Waals surface area contributed by atoms with Crippen molar-refractivity contribution >= 4 is 11.6 Å². The molecule has 6 atom stereocenters. The first-order valence-corrected chi connectivity index (χ1v) is 7.54. The molecule has 2 heterocycles. The molecule has 4 N–H and O–H groups in total. The molecule has 2 aliphatic heterocycles. The van der Waals surface area contributed by atoms with Crippen LogP contribution in [0.25, 0.3) is 0 Å². The van der Waals surface area contributed by atoms with Gasteiger partial charge in [-0.3, -0.25) is 9.59 Å². The van der Waals surface area contributed by atoms with Crippen LogP contribution in [-0.2, 0) is 19.1 Å². The molecule has 120 valence electrons. The van der Waals surface area contributed by atoms with Crippen LogP contribution in [0.3, 0.4) is 0 Å². The summed E-state index contributed by atoms with van der Waals surface area (Å²) >= 11 is 0. The number of hydrogen-bond acceptors (Lipinski definition) is 6. The predicted octanol–water partition coefficient (Wildman–Crippen LogP) is 0.162. The second kappa shape index (κ2) is 5.43. The normalized spacial score (nSPS) is 45.3. The van der Waals surface area contributed by atoms with Crippen molar-refractivity contribution in [2.24, 2.45) is 17.4 Å². The molecule has 6 unspecified atom stereocenters. The van der Waals surface area contributed by atoms with E-state index in [2.05, 4.69) is 0 Å². The van der Waals surface area contributed by atoms with Crippen molar-refractivity contribution in [3.63, 3.8) is 0 Å². The van der Waals surface area contributed by atoms with Crippen molar-refractivity contribution in [2.45, 2.75) is 69.9 Å². The number of carbonyl (C=O) groups is 2. The molecule has 21 heavy (non-hydrogen) atoms. The molecule has 0 aromatic rings. The highest BCUT2D eigenvalue weighted by Gasteiger charge is 2.52. The number of rotatable bonds is 4. The average molecular weight is 298 g/mol. The minimum Gasteiger partial charge on any atom is -0.368 e. The Kier molecular flexibility index (Phi) is 4.28. The van der Waals surface area contributed by atoms with E-state index in [-0.39, 0.29) is 30.2 Å². The maximum absolute atomic E-state index is 12.4. The fourth-order valence-electron chi connectivity index (χ4n) is 3.46. The number of Topliss-reactive ketones (excluding diaryl/α,β-unsaturated/α-hetero) is 2. The SMILES string of the molecule is CCC1OC(CC(C)C2OCC(=O)C2(C)N)C(=O)C1(C)N. The summed E-state index contributed by atoms with van der Waals surface area (Å²) < 4.78 is 11.3. The van der Waals surface area contributed by atoms with Crippen molar-refractivity contribution in [1.29, 1.82) is 0 Å². The summed E-state index contributed by atoms with van der Waals surface area (Å²) in [6, 6.07) is 0. The van der Waals surface area contributed by atoms with E-state index in [1.807, 2.05) is 13.8 Å². The Bertz CT molecular complexity index is 447. The van der Waals surface area contributed by atoms with Gasteiger partial charge >= 0.3 is 0 Å². The lowest BCUT2D eigenvalue weighted by Gasteiger charge is -2.30. The summed E-state index contributed by atoms with van der Waals surface area (Å²) in [5, 5.41) is 0. The summed E-state index contributed by atoms with van der Waals surface area (Å²) in [5.74, 6) is -0.246. The molecule has 0 aromatic carbocycles. The predicted molar refractivity (Wildman–Crippen MR) is 77.7 cm³/mol. The number of ether oxygens (including phenoxy) is 2. The quantitative estimate of drug-likeness (QED) is 0.766. The van der Waals surface area contributed by atoms with Crippen LogP contribution in [0.5, 0.6) is 0 Å². The Hall–Kier alpha value is -0.820. The molecular weight excluding hydrogens is 272 g/mol. The van der Waals surface area contributed by atoms with Crippen LogP contribution >= 0.6 is 0 Å². The number of nitrogens with two attached hydrogens (primary N) is 2. The third-order valence-corrected chi connectivity index (χ3v) is 4.88. The molecule has 0 aromatic heterocycles. The summed E-state index contributed by atoms with van der Waals surface area (Å²) in [6.07, 6.45) is -0.0532. The third-order valence-electron chi connectivity index (χ3n) is 4.88. The Balaban J connectivity index is 2.06. The largest absolute Gasteiger partial charge is 0.368 e. The molecule has 2 rings (SSSR count). The van der Waals surface area contributed by atoms with Gasteiger partial charge in [-0.2, -0.15) is 0 Å². The van der Waals surface area contributed by atoms with E-state index in [1.165, 1.54) is 0 Å². The Morgan fingerprint density at radius 3 is 2.33 bits per heavy atom. The topological polar surface area (TPSA) is 105 Å². The molecule has 6 heteroatoms. The van der Waals surface area contributed by atoms with Crippen LogP contribution in [0.4, 0.5) is 0 Å². The van der Waals surface area contributed by atoms with Crippen molar-refractivity contribution in [3.05, 3.63) is 0 Å². The fourth-order valence-corrected chi connectivity index (χ4v) is 3.46. The molecule has 0 spiro atoms. The lowest BCUT2D eigenvalue weighted by atomic mass is 9.81. The fraction of sp³-hybridized carbons (Fsp3) is 0.867. The smallest absolute Gasteiger partial charge is 0.183 e. The molecule has 2 aliphatic rings. The number of hydrogen-bond donors (Lipinski definition) is 2. The standard InChI is InChI=1S/C15H26N2O4/c1-5-11-15(4,17)12(19)9(21-11)6-8(2)13-14(3,16)10(18)7-20-13/h8-9,11,13H,5-7,16-17H2,1-4H3. The first kappa shape index (κ1) is 16.5.